The van der Waals surface area contributed by atoms with Crippen LogP contribution in [0.1, 0.15) is 5.56 Å². The first-order chi connectivity index (χ1) is 9.95. The summed E-state index contributed by atoms with van der Waals surface area (Å²) in [7, 11) is 0. The predicted octanol–water partition coefficient (Wildman–Crippen LogP) is 3.59. The first-order valence-corrected chi connectivity index (χ1v) is 7.59. The molecule has 1 saturated heterocycles. The number of hydrogen-bond acceptors (Lipinski definition) is 5. The van der Waals surface area contributed by atoms with Crippen LogP contribution < -0.4 is 10.7 Å². The van der Waals surface area contributed by atoms with Gasteiger partial charge in [0.2, 0.25) is 0 Å². The monoisotopic (exact) mass is 357 g/mol. The minimum Gasteiger partial charge on any atom is -0.462 e. The normalized spacial score (nSPS) is 16.8. The highest BCUT2D eigenvalue weighted by Crippen LogP contribution is 2.28. The highest BCUT2D eigenvalue weighted by atomic mass is 35.5. The average Bonchev–Trinajstić information content (AvgIpc) is 2.72. The van der Waals surface area contributed by atoms with Crippen molar-refractivity contribution >= 4 is 74.5 Å². The van der Waals surface area contributed by atoms with Gasteiger partial charge in [-0.05, 0) is 18.2 Å². The SMILES string of the molecule is O=C1NC(=S)S/C1=C\c1coc2c(Cl)cc(Cl)cc2c1=O. The molecule has 2 heterocycles. The van der Waals surface area contributed by atoms with Gasteiger partial charge in [0.05, 0.1) is 20.9 Å². The topological polar surface area (TPSA) is 59.3 Å². The van der Waals surface area contributed by atoms with E-state index in [0.717, 1.165) is 11.8 Å². The summed E-state index contributed by atoms with van der Waals surface area (Å²) in [5.41, 5.74) is 0.162. The number of carbonyl (C=O) groups is 1. The van der Waals surface area contributed by atoms with Crippen molar-refractivity contribution in [2.24, 2.45) is 0 Å². The standard InChI is InChI=1S/C13H5Cl2NO3S2/c14-6-2-7-10(17)5(4-19-11(7)8(15)3-6)1-9-12(18)16-13(20)21-9/h1-4H,(H,16,18,20)/b9-1-. The van der Waals surface area contributed by atoms with Gasteiger partial charge in [-0.25, -0.2) is 0 Å². The van der Waals surface area contributed by atoms with Gasteiger partial charge in [0, 0.05) is 5.02 Å². The molecule has 1 aliphatic heterocycles. The molecule has 1 aromatic carbocycles. The molecule has 0 unspecified atom stereocenters. The number of benzene rings is 1. The smallest absolute Gasteiger partial charge is 0.263 e. The summed E-state index contributed by atoms with van der Waals surface area (Å²) in [6, 6.07) is 2.97. The van der Waals surface area contributed by atoms with Crippen LogP contribution in [0.15, 0.2) is 32.5 Å². The molecule has 0 bridgehead atoms. The fraction of sp³-hybridized carbons (Fsp3) is 0. The molecule has 1 aliphatic rings. The second-order valence-electron chi connectivity index (χ2n) is 4.14. The van der Waals surface area contributed by atoms with Crippen LogP contribution in [0.3, 0.4) is 0 Å². The highest BCUT2D eigenvalue weighted by molar-refractivity contribution is 8.26. The molecule has 4 nitrogen and oxygen atoms in total. The minimum atomic E-state index is -0.339. The summed E-state index contributed by atoms with van der Waals surface area (Å²) >= 11 is 17.9. The summed E-state index contributed by atoms with van der Waals surface area (Å²) in [6.45, 7) is 0. The molecule has 0 saturated carbocycles. The lowest BCUT2D eigenvalue weighted by Gasteiger charge is -2.02. The molecule has 21 heavy (non-hydrogen) atoms. The van der Waals surface area contributed by atoms with E-state index in [1.807, 2.05) is 0 Å². The summed E-state index contributed by atoms with van der Waals surface area (Å²) in [5.74, 6) is -0.339. The molecule has 1 N–H and O–H groups in total. The van der Waals surface area contributed by atoms with Crippen LogP contribution in [0, 0.1) is 0 Å². The highest BCUT2D eigenvalue weighted by Gasteiger charge is 2.22. The van der Waals surface area contributed by atoms with Crippen molar-refractivity contribution in [3.63, 3.8) is 0 Å². The Morgan fingerprint density at radius 1 is 1.29 bits per heavy atom. The van der Waals surface area contributed by atoms with Gasteiger partial charge >= 0.3 is 0 Å². The van der Waals surface area contributed by atoms with Crippen LogP contribution in [0.2, 0.25) is 10.0 Å². The Hall–Kier alpha value is -1.34. The summed E-state index contributed by atoms with van der Waals surface area (Å²) in [6.07, 6.45) is 2.69. The van der Waals surface area contributed by atoms with Crippen LogP contribution >= 0.6 is 47.2 Å². The number of hydrogen-bond donors (Lipinski definition) is 1. The Kier molecular flexibility index (Phi) is 3.79. The van der Waals surface area contributed by atoms with E-state index >= 15 is 0 Å². The van der Waals surface area contributed by atoms with Crippen molar-refractivity contribution in [2.45, 2.75) is 0 Å². The van der Waals surface area contributed by atoms with E-state index in [9.17, 15) is 9.59 Å². The zero-order chi connectivity index (χ0) is 15.1. The molecule has 1 aromatic heterocycles. The number of rotatable bonds is 1. The van der Waals surface area contributed by atoms with Gasteiger partial charge in [0.15, 0.2) is 11.0 Å². The quantitative estimate of drug-likeness (QED) is 0.624. The van der Waals surface area contributed by atoms with Crippen LogP contribution in [0.25, 0.3) is 17.0 Å². The number of carbonyl (C=O) groups excluding carboxylic acids is 1. The Bertz CT molecular complexity index is 889. The number of nitrogens with one attached hydrogen (secondary N) is 1. The molecule has 0 aliphatic carbocycles. The Labute approximate surface area is 138 Å². The molecule has 2 aromatic rings. The third-order valence-electron chi connectivity index (χ3n) is 2.75. The molecule has 1 fully saturated rings. The predicted molar refractivity (Wildman–Crippen MR) is 88.8 cm³/mol. The van der Waals surface area contributed by atoms with Gasteiger partial charge in [-0.3, -0.25) is 9.59 Å². The van der Waals surface area contributed by atoms with Crippen molar-refractivity contribution in [2.75, 3.05) is 0 Å². The van der Waals surface area contributed by atoms with Gasteiger partial charge in [0.25, 0.3) is 5.91 Å². The first kappa shape index (κ1) is 14.6. The number of thiocarbonyl (C=S) groups is 1. The zero-order valence-corrected chi connectivity index (χ0v) is 13.3. The average molecular weight is 358 g/mol. The largest absolute Gasteiger partial charge is 0.462 e. The van der Waals surface area contributed by atoms with Crippen molar-refractivity contribution in [1.82, 2.24) is 5.32 Å². The van der Waals surface area contributed by atoms with E-state index in [4.69, 9.17) is 39.8 Å². The molecule has 8 heteroatoms. The van der Waals surface area contributed by atoms with E-state index in [1.165, 1.54) is 24.5 Å². The van der Waals surface area contributed by atoms with Crippen molar-refractivity contribution in [3.8, 4) is 0 Å². The molecular weight excluding hydrogens is 353 g/mol. The summed E-state index contributed by atoms with van der Waals surface area (Å²) < 4.78 is 5.72. The number of halogens is 2. The van der Waals surface area contributed by atoms with Crippen LogP contribution in [-0.2, 0) is 4.79 Å². The second-order valence-corrected chi connectivity index (χ2v) is 6.70. The molecule has 1 amide bonds. The molecular formula is C13H5Cl2NO3S2. The van der Waals surface area contributed by atoms with E-state index in [1.54, 1.807) is 0 Å². The van der Waals surface area contributed by atoms with Gasteiger partial charge in [-0.2, -0.15) is 0 Å². The fourth-order valence-corrected chi connectivity index (χ4v) is 3.42. The van der Waals surface area contributed by atoms with Crippen LogP contribution in [0.4, 0.5) is 0 Å². The zero-order valence-electron chi connectivity index (χ0n) is 10.1. The molecule has 3 rings (SSSR count). The summed E-state index contributed by atoms with van der Waals surface area (Å²) in [5, 5.41) is 3.32. The lowest BCUT2D eigenvalue weighted by molar-refractivity contribution is -0.115. The number of thioether (sulfide) groups is 1. The molecule has 106 valence electrons. The van der Waals surface area contributed by atoms with Gasteiger partial charge in [0.1, 0.15) is 10.6 Å². The minimum absolute atomic E-state index is 0.225. The first-order valence-electron chi connectivity index (χ1n) is 5.61. The van der Waals surface area contributed by atoms with Crippen LogP contribution in [-0.4, -0.2) is 10.2 Å². The lowest BCUT2D eigenvalue weighted by atomic mass is 10.1. The second kappa shape index (κ2) is 5.46. The Morgan fingerprint density at radius 2 is 2.05 bits per heavy atom. The van der Waals surface area contributed by atoms with Crippen molar-refractivity contribution in [3.05, 3.63) is 49.1 Å². The third-order valence-corrected chi connectivity index (χ3v) is 4.41. The fourth-order valence-electron chi connectivity index (χ4n) is 1.84. The molecule has 0 radical (unpaired) electrons. The maximum atomic E-state index is 12.4. The van der Waals surface area contributed by atoms with E-state index < -0.39 is 0 Å². The Balaban J connectivity index is 2.20. The maximum absolute atomic E-state index is 12.4. The van der Waals surface area contributed by atoms with Gasteiger partial charge in [-0.15, -0.1) is 0 Å². The molecule has 0 spiro atoms. The van der Waals surface area contributed by atoms with Gasteiger partial charge < -0.3 is 9.73 Å². The van der Waals surface area contributed by atoms with E-state index in [2.05, 4.69) is 5.32 Å². The van der Waals surface area contributed by atoms with Crippen molar-refractivity contribution < 1.29 is 9.21 Å². The van der Waals surface area contributed by atoms with Crippen molar-refractivity contribution in [1.29, 1.82) is 0 Å². The lowest BCUT2D eigenvalue weighted by Crippen LogP contribution is -2.17. The summed E-state index contributed by atoms with van der Waals surface area (Å²) in [4.78, 5) is 24.4. The Morgan fingerprint density at radius 3 is 2.71 bits per heavy atom. The maximum Gasteiger partial charge on any atom is 0.263 e. The van der Waals surface area contributed by atoms with E-state index in [0.29, 0.717) is 14.2 Å². The van der Waals surface area contributed by atoms with Gasteiger partial charge in [-0.1, -0.05) is 47.2 Å². The number of amides is 1. The van der Waals surface area contributed by atoms with Crippen LogP contribution in [0.5, 0.6) is 0 Å². The third kappa shape index (κ3) is 2.72. The van der Waals surface area contributed by atoms with E-state index in [-0.39, 0.29) is 32.9 Å². The number of fused-ring (bicyclic) bond motifs is 1. The molecule has 0 atom stereocenters.